The number of hydrogen-bond acceptors (Lipinski definition) is 5. The number of benzene rings is 1. The molecule has 2 rings (SSSR count). The molecule has 0 saturated carbocycles. The van der Waals surface area contributed by atoms with Crippen LogP contribution in [0.2, 0.25) is 0 Å². The molecule has 0 unspecified atom stereocenters. The lowest BCUT2D eigenvalue weighted by Crippen LogP contribution is -2.13. The van der Waals surface area contributed by atoms with E-state index in [9.17, 15) is 9.59 Å². The predicted octanol–water partition coefficient (Wildman–Crippen LogP) is 2.73. The van der Waals surface area contributed by atoms with E-state index in [0.717, 1.165) is 16.8 Å². The van der Waals surface area contributed by atoms with Gasteiger partial charge in [0.15, 0.2) is 5.13 Å². The molecule has 0 spiro atoms. The molecule has 2 amide bonds. The second-order valence-electron chi connectivity index (χ2n) is 4.93. The van der Waals surface area contributed by atoms with Crippen molar-refractivity contribution in [2.75, 3.05) is 11.1 Å². The molecule has 0 aliphatic heterocycles. The van der Waals surface area contributed by atoms with E-state index in [-0.39, 0.29) is 17.6 Å². The number of aromatic nitrogens is 1. The smallest absolute Gasteiger partial charge is 0.257 e. The molecule has 22 heavy (non-hydrogen) atoms. The second-order valence-corrected chi connectivity index (χ2v) is 6.78. The van der Waals surface area contributed by atoms with Gasteiger partial charge in [0.2, 0.25) is 5.91 Å². The molecule has 2 aromatic rings. The zero-order valence-corrected chi connectivity index (χ0v) is 14.0. The van der Waals surface area contributed by atoms with Crippen molar-refractivity contribution in [2.24, 2.45) is 5.73 Å². The van der Waals surface area contributed by atoms with Crippen molar-refractivity contribution in [1.82, 2.24) is 4.98 Å². The van der Waals surface area contributed by atoms with Gasteiger partial charge < -0.3 is 5.73 Å². The molecule has 7 heteroatoms. The van der Waals surface area contributed by atoms with Gasteiger partial charge in [-0.05, 0) is 26.0 Å². The van der Waals surface area contributed by atoms with Gasteiger partial charge in [0, 0.05) is 16.7 Å². The molecule has 0 fully saturated rings. The van der Waals surface area contributed by atoms with Crippen LogP contribution < -0.4 is 11.1 Å². The number of rotatable bonds is 6. The van der Waals surface area contributed by atoms with Crippen LogP contribution in [-0.2, 0) is 10.5 Å². The Bertz CT molecular complexity index is 678. The number of thiazole rings is 1. The Morgan fingerprint density at radius 3 is 2.59 bits per heavy atom. The summed E-state index contributed by atoms with van der Waals surface area (Å²) in [5.41, 5.74) is 8.63. The van der Waals surface area contributed by atoms with Gasteiger partial charge in [0.25, 0.3) is 5.91 Å². The minimum atomic E-state index is -0.344. The molecule has 0 aliphatic carbocycles. The first-order valence-corrected chi connectivity index (χ1v) is 8.67. The number of nitrogens with zero attached hydrogens (tertiary/aromatic N) is 1. The van der Waals surface area contributed by atoms with E-state index in [2.05, 4.69) is 10.3 Å². The molecular weight excluding hydrogens is 318 g/mol. The molecule has 3 N–H and O–H groups in total. The Hall–Kier alpha value is -1.86. The molecule has 1 heterocycles. The van der Waals surface area contributed by atoms with Gasteiger partial charge in [-0.15, -0.1) is 23.1 Å². The largest absolute Gasteiger partial charge is 0.369 e. The number of nitrogens with two attached hydrogens (primary N) is 1. The van der Waals surface area contributed by atoms with Gasteiger partial charge in [-0.25, -0.2) is 4.98 Å². The van der Waals surface area contributed by atoms with E-state index in [1.54, 1.807) is 0 Å². The fourth-order valence-corrected chi connectivity index (χ4v) is 3.43. The highest BCUT2D eigenvalue weighted by Gasteiger charge is 2.10. The van der Waals surface area contributed by atoms with Crippen LogP contribution in [0.15, 0.2) is 23.6 Å². The number of carbonyl (C=O) groups excluding carboxylic acids is 2. The van der Waals surface area contributed by atoms with Crippen LogP contribution in [0.4, 0.5) is 5.13 Å². The molecular formula is C15H17N3O2S2. The average molecular weight is 335 g/mol. The third-order valence-electron chi connectivity index (χ3n) is 2.75. The summed E-state index contributed by atoms with van der Waals surface area (Å²) < 4.78 is 0. The van der Waals surface area contributed by atoms with Gasteiger partial charge in [0.05, 0.1) is 11.4 Å². The monoisotopic (exact) mass is 335 g/mol. The average Bonchev–Trinajstić information content (AvgIpc) is 2.84. The van der Waals surface area contributed by atoms with Crippen LogP contribution in [0.1, 0.15) is 27.2 Å². The number of thioether (sulfide) groups is 1. The van der Waals surface area contributed by atoms with Crippen LogP contribution in [0.3, 0.4) is 0 Å². The number of hydrogen-bond donors (Lipinski definition) is 2. The van der Waals surface area contributed by atoms with Gasteiger partial charge >= 0.3 is 0 Å². The van der Waals surface area contributed by atoms with E-state index in [1.165, 1.54) is 23.1 Å². The van der Waals surface area contributed by atoms with E-state index < -0.39 is 0 Å². The summed E-state index contributed by atoms with van der Waals surface area (Å²) in [7, 11) is 0. The van der Waals surface area contributed by atoms with E-state index >= 15 is 0 Å². The van der Waals surface area contributed by atoms with Crippen LogP contribution in [-0.4, -0.2) is 22.6 Å². The summed E-state index contributed by atoms with van der Waals surface area (Å²) in [6.45, 7) is 3.92. The number of nitrogens with one attached hydrogen (secondary N) is 1. The Labute approximate surface area is 137 Å². The van der Waals surface area contributed by atoms with Crippen molar-refractivity contribution < 1.29 is 9.59 Å². The van der Waals surface area contributed by atoms with Crippen LogP contribution >= 0.6 is 23.1 Å². The maximum Gasteiger partial charge on any atom is 0.257 e. The number of primary amides is 1. The predicted molar refractivity (Wildman–Crippen MR) is 91.3 cm³/mol. The lowest BCUT2D eigenvalue weighted by Gasteiger charge is -2.04. The maximum atomic E-state index is 12.2. The van der Waals surface area contributed by atoms with Crippen LogP contribution in [0.25, 0.3) is 0 Å². The summed E-state index contributed by atoms with van der Waals surface area (Å²) in [4.78, 5) is 27.2. The van der Waals surface area contributed by atoms with Crippen molar-refractivity contribution in [1.29, 1.82) is 0 Å². The topological polar surface area (TPSA) is 85.1 Å². The molecule has 116 valence electrons. The summed E-state index contributed by atoms with van der Waals surface area (Å²) in [5.74, 6) is 0.349. The van der Waals surface area contributed by atoms with Crippen LogP contribution in [0.5, 0.6) is 0 Å². The molecule has 1 aromatic heterocycles. The molecule has 1 aromatic carbocycles. The Balaban J connectivity index is 1.97. The minimum Gasteiger partial charge on any atom is -0.369 e. The highest BCUT2D eigenvalue weighted by molar-refractivity contribution is 7.99. The minimum absolute atomic E-state index is 0.169. The first-order chi connectivity index (χ1) is 10.4. The summed E-state index contributed by atoms with van der Waals surface area (Å²) in [5, 5.41) is 5.22. The third-order valence-corrected chi connectivity index (χ3v) is 4.55. The molecule has 0 radical (unpaired) electrons. The second kappa shape index (κ2) is 7.42. The molecule has 0 saturated heterocycles. The Kier molecular flexibility index (Phi) is 5.57. The van der Waals surface area contributed by atoms with Gasteiger partial charge in [-0.3, -0.25) is 14.9 Å². The van der Waals surface area contributed by atoms with Crippen molar-refractivity contribution in [3.05, 3.63) is 46.0 Å². The molecule has 0 atom stereocenters. The quantitative estimate of drug-likeness (QED) is 0.850. The fourth-order valence-electron chi connectivity index (χ4n) is 1.96. The number of amides is 2. The van der Waals surface area contributed by atoms with Crippen molar-refractivity contribution >= 4 is 40.0 Å². The summed E-state index contributed by atoms with van der Waals surface area (Å²) in [6.07, 6.45) is 0. The number of anilines is 1. The van der Waals surface area contributed by atoms with E-state index in [4.69, 9.17) is 5.73 Å². The fraction of sp³-hybridized carbons (Fsp3) is 0.267. The van der Waals surface area contributed by atoms with Crippen molar-refractivity contribution in [3.8, 4) is 0 Å². The van der Waals surface area contributed by atoms with E-state index in [1.807, 2.05) is 37.4 Å². The van der Waals surface area contributed by atoms with Crippen LogP contribution in [0, 0.1) is 13.8 Å². The number of carbonyl (C=O) groups is 2. The lowest BCUT2D eigenvalue weighted by molar-refractivity contribution is -0.115. The highest BCUT2D eigenvalue weighted by Crippen LogP contribution is 2.20. The molecule has 0 bridgehead atoms. The normalized spacial score (nSPS) is 10.5. The van der Waals surface area contributed by atoms with Crippen molar-refractivity contribution in [2.45, 2.75) is 19.6 Å². The van der Waals surface area contributed by atoms with Gasteiger partial charge in [0.1, 0.15) is 0 Å². The SMILES string of the molecule is Cc1cc(C)cc(C(=O)Nc2nc(CSCC(N)=O)cs2)c1. The number of aryl methyl sites for hydroxylation is 2. The standard InChI is InChI=1S/C15H17N3O2S2/c1-9-3-10(2)5-11(4-9)14(20)18-15-17-12(7-22-15)6-21-8-13(16)19/h3-5,7H,6,8H2,1-2H3,(H2,16,19)(H,17,18,20). The van der Waals surface area contributed by atoms with Gasteiger partial charge in [-0.1, -0.05) is 17.2 Å². The first kappa shape index (κ1) is 16.5. The maximum absolute atomic E-state index is 12.2. The lowest BCUT2D eigenvalue weighted by atomic mass is 10.1. The molecule has 5 nitrogen and oxygen atoms in total. The van der Waals surface area contributed by atoms with Crippen molar-refractivity contribution in [3.63, 3.8) is 0 Å². The van der Waals surface area contributed by atoms with Gasteiger partial charge in [-0.2, -0.15) is 0 Å². The zero-order valence-electron chi connectivity index (χ0n) is 12.4. The first-order valence-electron chi connectivity index (χ1n) is 6.64. The summed E-state index contributed by atoms with van der Waals surface area (Å²) >= 11 is 2.77. The highest BCUT2D eigenvalue weighted by atomic mass is 32.2. The zero-order chi connectivity index (χ0) is 16.1. The summed E-state index contributed by atoms with van der Waals surface area (Å²) in [6, 6.07) is 5.72. The molecule has 0 aliphatic rings. The Morgan fingerprint density at radius 2 is 1.95 bits per heavy atom. The third kappa shape index (κ3) is 4.85. The van der Waals surface area contributed by atoms with E-state index in [0.29, 0.717) is 16.4 Å². The Morgan fingerprint density at radius 1 is 1.27 bits per heavy atom.